The molecular formula is C12H16F2N2O2. The fourth-order valence-electron chi connectivity index (χ4n) is 1.50. The topological polar surface area (TPSA) is 55.6 Å². The molecule has 1 rings (SSSR count). The van der Waals surface area contributed by atoms with Crippen LogP contribution in [0, 0.1) is 11.6 Å². The zero-order chi connectivity index (χ0) is 13.7. The molecule has 0 radical (unpaired) electrons. The number of carbonyl (C=O) groups is 1. The molecule has 2 N–H and O–H groups in total. The molecule has 0 spiro atoms. The van der Waals surface area contributed by atoms with Crippen LogP contribution in [-0.4, -0.2) is 38.1 Å². The third-order valence-electron chi connectivity index (χ3n) is 2.52. The number of nitrogen functional groups attached to an aromatic ring is 1. The van der Waals surface area contributed by atoms with Crippen molar-refractivity contribution in [2.45, 2.75) is 6.42 Å². The van der Waals surface area contributed by atoms with E-state index in [0.717, 1.165) is 12.1 Å². The highest BCUT2D eigenvalue weighted by molar-refractivity contribution is 5.95. The maximum absolute atomic E-state index is 13.6. The molecule has 0 saturated carbocycles. The third-order valence-corrected chi connectivity index (χ3v) is 2.52. The fraction of sp³-hybridized carbons (Fsp3) is 0.417. The van der Waals surface area contributed by atoms with Gasteiger partial charge in [0.15, 0.2) is 5.82 Å². The molecule has 1 aromatic rings. The van der Waals surface area contributed by atoms with Crippen molar-refractivity contribution in [3.05, 3.63) is 29.3 Å². The number of hydrogen-bond acceptors (Lipinski definition) is 3. The van der Waals surface area contributed by atoms with E-state index >= 15 is 0 Å². The SMILES string of the molecule is COCCCN(C)C(=O)c1c(F)ccc(N)c1F. The molecule has 4 nitrogen and oxygen atoms in total. The number of methoxy groups -OCH3 is 1. The first-order valence-electron chi connectivity index (χ1n) is 5.47. The number of ether oxygens (including phenoxy) is 1. The third kappa shape index (κ3) is 3.16. The molecule has 0 atom stereocenters. The number of amides is 1. The average molecular weight is 258 g/mol. The monoisotopic (exact) mass is 258 g/mol. The smallest absolute Gasteiger partial charge is 0.259 e. The zero-order valence-electron chi connectivity index (χ0n) is 10.4. The van der Waals surface area contributed by atoms with Gasteiger partial charge in [0, 0.05) is 27.3 Å². The predicted octanol–water partition coefficient (Wildman–Crippen LogP) is 1.66. The molecular weight excluding hydrogens is 242 g/mol. The van der Waals surface area contributed by atoms with Crippen LogP contribution in [0.4, 0.5) is 14.5 Å². The quantitative estimate of drug-likeness (QED) is 0.645. The van der Waals surface area contributed by atoms with Crippen LogP contribution in [0.15, 0.2) is 12.1 Å². The normalized spacial score (nSPS) is 10.4. The molecule has 100 valence electrons. The Kier molecular flexibility index (Phi) is 5.03. The number of anilines is 1. The highest BCUT2D eigenvalue weighted by Crippen LogP contribution is 2.19. The lowest BCUT2D eigenvalue weighted by Gasteiger charge is -2.18. The number of benzene rings is 1. The van der Waals surface area contributed by atoms with E-state index in [2.05, 4.69) is 0 Å². The summed E-state index contributed by atoms with van der Waals surface area (Å²) in [7, 11) is 3.01. The molecule has 1 aromatic carbocycles. The molecule has 0 aromatic heterocycles. The van der Waals surface area contributed by atoms with Crippen molar-refractivity contribution < 1.29 is 18.3 Å². The van der Waals surface area contributed by atoms with Crippen molar-refractivity contribution in [2.24, 2.45) is 0 Å². The molecule has 0 aliphatic carbocycles. The van der Waals surface area contributed by atoms with E-state index in [-0.39, 0.29) is 5.69 Å². The van der Waals surface area contributed by atoms with Crippen LogP contribution < -0.4 is 5.73 Å². The van der Waals surface area contributed by atoms with E-state index in [1.165, 1.54) is 11.9 Å². The Labute approximate surface area is 104 Å². The van der Waals surface area contributed by atoms with Gasteiger partial charge in [-0.05, 0) is 18.6 Å². The van der Waals surface area contributed by atoms with Crippen LogP contribution in [0.1, 0.15) is 16.8 Å². The minimum absolute atomic E-state index is 0.245. The van der Waals surface area contributed by atoms with Crippen molar-refractivity contribution in [2.75, 3.05) is 33.0 Å². The molecule has 6 heteroatoms. The second-order valence-electron chi connectivity index (χ2n) is 3.90. The number of rotatable bonds is 5. The minimum Gasteiger partial charge on any atom is -0.396 e. The number of carbonyl (C=O) groups excluding carboxylic acids is 1. The standard InChI is InChI=1S/C12H16F2N2O2/c1-16(6-3-7-18-2)12(17)10-8(13)4-5-9(15)11(10)14/h4-5H,3,6-7,15H2,1-2H3. The lowest BCUT2D eigenvalue weighted by atomic mass is 10.1. The van der Waals surface area contributed by atoms with E-state index in [1.54, 1.807) is 7.11 Å². The lowest BCUT2D eigenvalue weighted by molar-refractivity contribution is 0.0770. The van der Waals surface area contributed by atoms with Crippen molar-refractivity contribution in [1.29, 1.82) is 0 Å². The first-order chi connectivity index (χ1) is 8.49. The predicted molar refractivity (Wildman–Crippen MR) is 64.2 cm³/mol. The highest BCUT2D eigenvalue weighted by Gasteiger charge is 2.22. The molecule has 0 aliphatic rings. The summed E-state index contributed by atoms with van der Waals surface area (Å²) in [6.45, 7) is 0.819. The Morgan fingerprint density at radius 1 is 1.44 bits per heavy atom. The Balaban J connectivity index is 2.86. The summed E-state index contributed by atoms with van der Waals surface area (Å²) in [5.41, 5.74) is 4.46. The summed E-state index contributed by atoms with van der Waals surface area (Å²) in [6.07, 6.45) is 0.588. The second-order valence-corrected chi connectivity index (χ2v) is 3.90. The van der Waals surface area contributed by atoms with E-state index < -0.39 is 23.1 Å². The molecule has 0 heterocycles. The summed E-state index contributed by atoms with van der Waals surface area (Å²) in [5, 5.41) is 0. The average Bonchev–Trinajstić information content (AvgIpc) is 2.34. The van der Waals surface area contributed by atoms with Crippen LogP contribution >= 0.6 is 0 Å². The number of nitrogens with two attached hydrogens (primary N) is 1. The van der Waals surface area contributed by atoms with Gasteiger partial charge in [0.05, 0.1) is 5.69 Å². The van der Waals surface area contributed by atoms with Crippen molar-refractivity contribution in [3.63, 3.8) is 0 Å². The van der Waals surface area contributed by atoms with Crippen molar-refractivity contribution in [3.8, 4) is 0 Å². The van der Waals surface area contributed by atoms with Crippen LogP contribution in [-0.2, 0) is 4.74 Å². The molecule has 0 bridgehead atoms. The summed E-state index contributed by atoms with van der Waals surface area (Å²) < 4.78 is 31.9. The van der Waals surface area contributed by atoms with E-state index in [0.29, 0.717) is 19.6 Å². The Bertz CT molecular complexity index is 438. The van der Waals surface area contributed by atoms with Gasteiger partial charge >= 0.3 is 0 Å². The van der Waals surface area contributed by atoms with Gasteiger partial charge in [0.1, 0.15) is 11.4 Å². The molecule has 1 amide bonds. The molecule has 0 saturated heterocycles. The van der Waals surface area contributed by atoms with Gasteiger partial charge in [-0.1, -0.05) is 0 Å². The molecule has 0 aliphatic heterocycles. The molecule has 0 fully saturated rings. The van der Waals surface area contributed by atoms with Crippen molar-refractivity contribution in [1.82, 2.24) is 4.90 Å². The Morgan fingerprint density at radius 2 is 2.11 bits per heavy atom. The maximum Gasteiger partial charge on any atom is 0.259 e. The van der Waals surface area contributed by atoms with Crippen LogP contribution in [0.5, 0.6) is 0 Å². The minimum atomic E-state index is -1.02. The van der Waals surface area contributed by atoms with Crippen LogP contribution in [0.2, 0.25) is 0 Å². The van der Waals surface area contributed by atoms with E-state index in [4.69, 9.17) is 10.5 Å². The second kappa shape index (κ2) is 6.30. The molecule has 18 heavy (non-hydrogen) atoms. The largest absolute Gasteiger partial charge is 0.396 e. The maximum atomic E-state index is 13.6. The summed E-state index contributed by atoms with van der Waals surface area (Å²) in [6, 6.07) is 2.07. The Morgan fingerprint density at radius 3 is 2.72 bits per heavy atom. The van der Waals surface area contributed by atoms with Crippen LogP contribution in [0.25, 0.3) is 0 Å². The summed E-state index contributed by atoms with van der Waals surface area (Å²) >= 11 is 0. The number of halogens is 2. The summed E-state index contributed by atoms with van der Waals surface area (Å²) in [4.78, 5) is 13.1. The van der Waals surface area contributed by atoms with Gasteiger partial charge in [0.2, 0.25) is 0 Å². The van der Waals surface area contributed by atoms with Gasteiger partial charge in [-0.3, -0.25) is 4.79 Å². The number of nitrogens with zero attached hydrogens (tertiary/aromatic N) is 1. The number of hydrogen-bond donors (Lipinski definition) is 1. The highest BCUT2D eigenvalue weighted by atomic mass is 19.1. The van der Waals surface area contributed by atoms with Crippen LogP contribution in [0.3, 0.4) is 0 Å². The van der Waals surface area contributed by atoms with Crippen molar-refractivity contribution >= 4 is 11.6 Å². The van der Waals surface area contributed by atoms with Gasteiger partial charge in [-0.2, -0.15) is 0 Å². The fourth-order valence-corrected chi connectivity index (χ4v) is 1.50. The molecule has 0 unspecified atom stereocenters. The van der Waals surface area contributed by atoms with Gasteiger partial charge < -0.3 is 15.4 Å². The van der Waals surface area contributed by atoms with E-state index in [9.17, 15) is 13.6 Å². The lowest BCUT2D eigenvalue weighted by Crippen LogP contribution is -2.30. The first-order valence-corrected chi connectivity index (χ1v) is 5.47. The summed E-state index contributed by atoms with van der Waals surface area (Å²) in [5.74, 6) is -2.66. The van der Waals surface area contributed by atoms with E-state index in [1.807, 2.05) is 0 Å². The Hall–Kier alpha value is -1.69. The van der Waals surface area contributed by atoms with Gasteiger partial charge in [0.25, 0.3) is 5.91 Å². The first kappa shape index (κ1) is 14.4. The van der Waals surface area contributed by atoms with Gasteiger partial charge in [-0.15, -0.1) is 0 Å². The zero-order valence-corrected chi connectivity index (χ0v) is 10.4. The van der Waals surface area contributed by atoms with Gasteiger partial charge in [-0.25, -0.2) is 8.78 Å².